The molecule has 1 aliphatic heterocycles. The van der Waals surface area contributed by atoms with E-state index in [0.717, 1.165) is 25.9 Å². The molecule has 2 N–H and O–H groups in total. The summed E-state index contributed by atoms with van der Waals surface area (Å²) in [4.78, 5) is 13.9. The molecule has 1 saturated heterocycles. The predicted octanol–water partition coefficient (Wildman–Crippen LogP) is 2.76. The number of nitrogens with two attached hydrogens (primary N) is 1. The van der Waals surface area contributed by atoms with Crippen LogP contribution in [0.3, 0.4) is 0 Å². The summed E-state index contributed by atoms with van der Waals surface area (Å²) in [7, 11) is 0. The molecule has 0 spiro atoms. The van der Waals surface area contributed by atoms with Gasteiger partial charge in [-0.25, -0.2) is 4.79 Å². The molecule has 2 aliphatic rings. The number of amides is 1. The zero-order chi connectivity index (χ0) is 14.0. The maximum Gasteiger partial charge on any atom is 0.410 e. The molecule has 4 nitrogen and oxygen atoms in total. The molecule has 110 valence electrons. The highest BCUT2D eigenvalue weighted by molar-refractivity contribution is 5.68. The summed E-state index contributed by atoms with van der Waals surface area (Å²) in [5.74, 6) is 1.33. The second kappa shape index (κ2) is 5.70. The van der Waals surface area contributed by atoms with Crippen molar-refractivity contribution in [2.45, 2.75) is 64.5 Å². The first-order valence-electron chi connectivity index (χ1n) is 7.58. The molecular formula is C15H28N2O2. The maximum atomic E-state index is 12.0. The summed E-state index contributed by atoms with van der Waals surface area (Å²) in [6.45, 7) is 7.44. The largest absolute Gasteiger partial charge is 0.444 e. The average molecular weight is 268 g/mol. The fourth-order valence-corrected chi connectivity index (χ4v) is 3.36. The van der Waals surface area contributed by atoms with Gasteiger partial charge in [0.25, 0.3) is 0 Å². The van der Waals surface area contributed by atoms with Crippen LogP contribution in [0.5, 0.6) is 0 Å². The van der Waals surface area contributed by atoms with Crippen molar-refractivity contribution in [2.75, 3.05) is 13.1 Å². The number of ether oxygens (including phenoxy) is 1. The van der Waals surface area contributed by atoms with Crippen molar-refractivity contribution in [3.8, 4) is 0 Å². The molecule has 3 atom stereocenters. The Morgan fingerprint density at radius 2 is 1.95 bits per heavy atom. The van der Waals surface area contributed by atoms with Gasteiger partial charge in [0.05, 0.1) is 0 Å². The highest BCUT2D eigenvalue weighted by Gasteiger charge is 2.35. The van der Waals surface area contributed by atoms with E-state index in [1.807, 2.05) is 25.7 Å². The van der Waals surface area contributed by atoms with E-state index in [2.05, 4.69) is 0 Å². The normalized spacial score (nSPS) is 32.4. The van der Waals surface area contributed by atoms with Crippen LogP contribution < -0.4 is 5.73 Å². The second-order valence-corrected chi connectivity index (χ2v) is 7.16. The lowest BCUT2D eigenvalue weighted by molar-refractivity contribution is 0.0281. The number of hydrogen-bond donors (Lipinski definition) is 1. The Hall–Kier alpha value is -0.770. The molecule has 2 fully saturated rings. The molecule has 1 amide bonds. The van der Waals surface area contributed by atoms with Gasteiger partial charge < -0.3 is 15.4 Å². The maximum absolute atomic E-state index is 12.0. The van der Waals surface area contributed by atoms with Gasteiger partial charge in [0.15, 0.2) is 0 Å². The van der Waals surface area contributed by atoms with Crippen molar-refractivity contribution < 1.29 is 9.53 Å². The molecule has 0 aromatic heterocycles. The minimum Gasteiger partial charge on any atom is -0.444 e. The summed E-state index contributed by atoms with van der Waals surface area (Å²) in [6.07, 6.45) is 5.77. The minimum absolute atomic E-state index is 0.157. The van der Waals surface area contributed by atoms with E-state index >= 15 is 0 Å². The molecule has 0 aromatic rings. The first-order valence-corrected chi connectivity index (χ1v) is 7.58. The Labute approximate surface area is 116 Å². The average Bonchev–Trinajstić information content (AvgIpc) is 2.75. The summed E-state index contributed by atoms with van der Waals surface area (Å²) in [5.41, 5.74) is 5.66. The minimum atomic E-state index is -0.400. The number of rotatable bonds is 1. The fraction of sp³-hybridized carbons (Fsp3) is 0.933. The molecule has 1 saturated carbocycles. The lowest BCUT2D eigenvalue weighted by Gasteiger charge is -2.31. The monoisotopic (exact) mass is 268 g/mol. The molecule has 0 radical (unpaired) electrons. The van der Waals surface area contributed by atoms with Crippen LogP contribution in [0.25, 0.3) is 0 Å². The highest BCUT2D eigenvalue weighted by Crippen LogP contribution is 2.35. The van der Waals surface area contributed by atoms with Crippen LogP contribution in [0, 0.1) is 11.8 Å². The smallest absolute Gasteiger partial charge is 0.410 e. The molecule has 2 rings (SSSR count). The van der Waals surface area contributed by atoms with Crippen LogP contribution in [0.1, 0.15) is 52.9 Å². The van der Waals surface area contributed by atoms with Crippen LogP contribution in [0.15, 0.2) is 0 Å². The van der Waals surface area contributed by atoms with Crippen molar-refractivity contribution in [3.63, 3.8) is 0 Å². The number of likely N-dealkylation sites (tertiary alicyclic amines) is 1. The third-order valence-electron chi connectivity index (χ3n) is 4.30. The van der Waals surface area contributed by atoms with E-state index in [0.29, 0.717) is 17.9 Å². The number of hydrogen-bond acceptors (Lipinski definition) is 3. The Kier molecular flexibility index (Phi) is 4.39. The zero-order valence-corrected chi connectivity index (χ0v) is 12.5. The van der Waals surface area contributed by atoms with Crippen LogP contribution in [0.2, 0.25) is 0 Å². The van der Waals surface area contributed by atoms with Gasteiger partial charge in [0, 0.05) is 19.1 Å². The van der Waals surface area contributed by atoms with E-state index < -0.39 is 5.60 Å². The van der Waals surface area contributed by atoms with Crippen LogP contribution >= 0.6 is 0 Å². The van der Waals surface area contributed by atoms with Crippen molar-refractivity contribution in [3.05, 3.63) is 0 Å². The van der Waals surface area contributed by atoms with Crippen LogP contribution in [-0.2, 0) is 4.74 Å². The first-order chi connectivity index (χ1) is 8.85. The van der Waals surface area contributed by atoms with Gasteiger partial charge in [-0.3, -0.25) is 0 Å². The van der Waals surface area contributed by atoms with Crippen molar-refractivity contribution in [2.24, 2.45) is 17.6 Å². The number of carbonyl (C=O) groups excluding carboxylic acids is 1. The second-order valence-electron chi connectivity index (χ2n) is 7.16. The van der Waals surface area contributed by atoms with Gasteiger partial charge in [-0.2, -0.15) is 0 Å². The molecular weight excluding hydrogens is 240 g/mol. The van der Waals surface area contributed by atoms with Gasteiger partial charge in [0.1, 0.15) is 5.60 Å². The summed E-state index contributed by atoms with van der Waals surface area (Å²) in [6, 6.07) is 0.370. The Morgan fingerprint density at radius 3 is 2.58 bits per heavy atom. The van der Waals surface area contributed by atoms with Crippen molar-refractivity contribution in [1.82, 2.24) is 4.90 Å². The third-order valence-corrected chi connectivity index (χ3v) is 4.30. The Morgan fingerprint density at radius 1 is 1.21 bits per heavy atom. The fourth-order valence-electron chi connectivity index (χ4n) is 3.36. The van der Waals surface area contributed by atoms with E-state index in [1.165, 1.54) is 19.3 Å². The quantitative estimate of drug-likeness (QED) is 0.795. The van der Waals surface area contributed by atoms with Gasteiger partial charge in [-0.15, -0.1) is 0 Å². The van der Waals surface area contributed by atoms with E-state index in [9.17, 15) is 4.79 Å². The van der Waals surface area contributed by atoms with Crippen molar-refractivity contribution >= 4 is 6.09 Å². The molecule has 3 unspecified atom stereocenters. The first kappa shape index (κ1) is 14.6. The van der Waals surface area contributed by atoms with E-state index in [4.69, 9.17) is 10.5 Å². The molecule has 1 heterocycles. The summed E-state index contributed by atoms with van der Waals surface area (Å²) < 4.78 is 5.44. The predicted molar refractivity (Wildman–Crippen MR) is 75.8 cm³/mol. The third kappa shape index (κ3) is 4.10. The van der Waals surface area contributed by atoms with Gasteiger partial charge in [0.2, 0.25) is 0 Å². The van der Waals surface area contributed by atoms with E-state index in [1.54, 1.807) is 0 Å². The number of nitrogens with zero attached hydrogens (tertiary/aromatic N) is 1. The molecule has 0 bridgehead atoms. The lowest BCUT2D eigenvalue weighted by atomic mass is 9.78. The van der Waals surface area contributed by atoms with Crippen LogP contribution in [-0.4, -0.2) is 35.7 Å². The molecule has 1 aliphatic carbocycles. The lowest BCUT2D eigenvalue weighted by Crippen LogP contribution is -2.37. The Balaban J connectivity index is 1.84. The SMILES string of the molecule is CC(C)(C)OC(=O)N1CCC(C2CCCC(N)C2)C1. The van der Waals surface area contributed by atoms with Gasteiger partial charge >= 0.3 is 6.09 Å². The highest BCUT2D eigenvalue weighted by atomic mass is 16.6. The van der Waals surface area contributed by atoms with Gasteiger partial charge in [-0.05, 0) is 51.9 Å². The zero-order valence-electron chi connectivity index (χ0n) is 12.5. The standard InChI is InChI=1S/C15H28N2O2/c1-15(2,3)19-14(18)17-8-7-12(10-17)11-5-4-6-13(16)9-11/h11-13H,4-10,16H2,1-3H3. The summed E-state index contributed by atoms with van der Waals surface area (Å²) >= 11 is 0. The molecule has 0 aromatic carbocycles. The number of carbonyl (C=O) groups is 1. The molecule has 19 heavy (non-hydrogen) atoms. The van der Waals surface area contributed by atoms with Crippen molar-refractivity contribution in [1.29, 1.82) is 0 Å². The van der Waals surface area contributed by atoms with Gasteiger partial charge in [-0.1, -0.05) is 12.8 Å². The Bertz CT molecular complexity index is 325. The molecule has 4 heteroatoms. The van der Waals surface area contributed by atoms with E-state index in [-0.39, 0.29) is 6.09 Å². The van der Waals surface area contributed by atoms with Crippen LogP contribution in [0.4, 0.5) is 4.79 Å². The topological polar surface area (TPSA) is 55.6 Å². The summed E-state index contributed by atoms with van der Waals surface area (Å²) in [5, 5.41) is 0.